The van der Waals surface area contributed by atoms with Gasteiger partial charge in [-0.05, 0) is 31.9 Å². The molecule has 2 heterocycles. The summed E-state index contributed by atoms with van der Waals surface area (Å²) in [6.45, 7) is 8.00. The molecule has 1 unspecified atom stereocenters. The van der Waals surface area contributed by atoms with Crippen LogP contribution in [0.2, 0.25) is 0 Å². The van der Waals surface area contributed by atoms with E-state index in [2.05, 4.69) is 26.9 Å². The quantitative estimate of drug-likeness (QED) is 0.771. The number of piperazine rings is 1. The van der Waals surface area contributed by atoms with Crippen LogP contribution in [0.3, 0.4) is 0 Å². The molecule has 0 spiro atoms. The van der Waals surface area contributed by atoms with E-state index in [9.17, 15) is 0 Å². The molecule has 0 radical (unpaired) electrons. The summed E-state index contributed by atoms with van der Waals surface area (Å²) in [6, 6.07) is 10.2. The van der Waals surface area contributed by atoms with Gasteiger partial charge in [-0.15, -0.1) is 0 Å². The normalized spacial score (nSPS) is 20.5. The molecular formula is C19H26N4O2. The Hall–Kier alpha value is -1.92. The van der Waals surface area contributed by atoms with Crippen LogP contribution in [-0.2, 0) is 0 Å². The van der Waals surface area contributed by atoms with Gasteiger partial charge in [-0.1, -0.05) is 23.4 Å². The number of benzene rings is 1. The summed E-state index contributed by atoms with van der Waals surface area (Å²) in [4.78, 5) is 9.48. The molecule has 4 rings (SSSR count). The first-order valence-electron chi connectivity index (χ1n) is 9.27. The third-order valence-electron chi connectivity index (χ3n) is 5.13. The molecular weight excluding hydrogens is 316 g/mol. The van der Waals surface area contributed by atoms with Crippen molar-refractivity contribution in [3.8, 4) is 5.75 Å². The fraction of sp³-hybridized carbons (Fsp3) is 0.579. The van der Waals surface area contributed by atoms with Crippen LogP contribution >= 0.6 is 0 Å². The van der Waals surface area contributed by atoms with E-state index in [1.807, 2.05) is 30.3 Å². The highest BCUT2D eigenvalue weighted by atomic mass is 16.5. The molecule has 25 heavy (non-hydrogen) atoms. The van der Waals surface area contributed by atoms with Gasteiger partial charge in [0, 0.05) is 38.6 Å². The van der Waals surface area contributed by atoms with Crippen molar-refractivity contribution in [2.24, 2.45) is 0 Å². The molecule has 1 aliphatic carbocycles. The second kappa shape index (κ2) is 7.54. The van der Waals surface area contributed by atoms with Gasteiger partial charge < -0.3 is 9.26 Å². The van der Waals surface area contributed by atoms with E-state index in [-0.39, 0.29) is 6.04 Å². The Morgan fingerprint density at radius 3 is 2.64 bits per heavy atom. The SMILES string of the molecule is CC(c1nc(C2CC2)no1)N1CCN(CCOc2ccccc2)CC1. The summed E-state index contributed by atoms with van der Waals surface area (Å²) >= 11 is 0. The zero-order chi connectivity index (χ0) is 17.1. The number of para-hydroxylation sites is 1. The van der Waals surface area contributed by atoms with Gasteiger partial charge >= 0.3 is 0 Å². The lowest BCUT2D eigenvalue weighted by Crippen LogP contribution is -2.48. The van der Waals surface area contributed by atoms with E-state index in [0.29, 0.717) is 5.92 Å². The van der Waals surface area contributed by atoms with Crippen LogP contribution in [0.15, 0.2) is 34.9 Å². The molecule has 6 nitrogen and oxygen atoms in total. The smallest absolute Gasteiger partial charge is 0.243 e. The van der Waals surface area contributed by atoms with Gasteiger partial charge in [0.15, 0.2) is 5.82 Å². The molecule has 0 amide bonds. The van der Waals surface area contributed by atoms with Crippen molar-refractivity contribution in [2.45, 2.75) is 31.7 Å². The van der Waals surface area contributed by atoms with Crippen molar-refractivity contribution in [3.63, 3.8) is 0 Å². The summed E-state index contributed by atoms with van der Waals surface area (Å²) in [5.74, 6) is 3.16. The molecule has 2 fully saturated rings. The van der Waals surface area contributed by atoms with E-state index in [1.165, 1.54) is 12.8 Å². The standard InChI is InChI=1S/C19H26N4O2/c1-15(19-20-18(21-25-19)16-7-8-16)23-11-9-22(10-12-23)13-14-24-17-5-3-2-4-6-17/h2-6,15-16H,7-14H2,1H3. The average Bonchev–Trinajstić information content (AvgIpc) is 3.40. The van der Waals surface area contributed by atoms with Gasteiger partial charge in [0.1, 0.15) is 12.4 Å². The van der Waals surface area contributed by atoms with Crippen molar-refractivity contribution in [3.05, 3.63) is 42.0 Å². The monoisotopic (exact) mass is 342 g/mol. The maximum Gasteiger partial charge on any atom is 0.243 e. The van der Waals surface area contributed by atoms with Crippen LogP contribution in [0.25, 0.3) is 0 Å². The van der Waals surface area contributed by atoms with Crippen molar-refractivity contribution in [1.29, 1.82) is 0 Å². The van der Waals surface area contributed by atoms with E-state index in [0.717, 1.165) is 56.8 Å². The fourth-order valence-electron chi connectivity index (χ4n) is 3.26. The molecule has 2 aliphatic rings. The maximum atomic E-state index is 5.79. The van der Waals surface area contributed by atoms with Gasteiger partial charge in [-0.25, -0.2) is 0 Å². The highest BCUT2D eigenvalue weighted by Gasteiger charge is 2.31. The van der Waals surface area contributed by atoms with Crippen molar-refractivity contribution >= 4 is 0 Å². The number of rotatable bonds is 7. The van der Waals surface area contributed by atoms with Crippen LogP contribution in [-0.4, -0.2) is 59.3 Å². The third kappa shape index (κ3) is 4.19. The molecule has 1 aliphatic heterocycles. The summed E-state index contributed by atoms with van der Waals surface area (Å²) in [5, 5.41) is 4.14. The summed E-state index contributed by atoms with van der Waals surface area (Å²) < 4.78 is 11.3. The van der Waals surface area contributed by atoms with Crippen LogP contribution in [0.4, 0.5) is 0 Å². The van der Waals surface area contributed by atoms with Gasteiger partial charge in [0.2, 0.25) is 5.89 Å². The molecule has 0 N–H and O–H groups in total. The first-order chi connectivity index (χ1) is 12.3. The lowest BCUT2D eigenvalue weighted by molar-refractivity contribution is 0.0800. The lowest BCUT2D eigenvalue weighted by atomic mass is 10.2. The molecule has 0 bridgehead atoms. The zero-order valence-corrected chi connectivity index (χ0v) is 14.8. The number of ether oxygens (including phenoxy) is 1. The Kier molecular flexibility index (Phi) is 4.99. The van der Waals surface area contributed by atoms with Gasteiger partial charge in [-0.3, -0.25) is 9.80 Å². The maximum absolute atomic E-state index is 5.79. The lowest BCUT2D eigenvalue weighted by Gasteiger charge is -2.36. The second-order valence-electron chi connectivity index (χ2n) is 6.98. The highest BCUT2D eigenvalue weighted by molar-refractivity contribution is 5.20. The minimum atomic E-state index is 0.197. The summed E-state index contributed by atoms with van der Waals surface area (Å²) in [6.07, 6.45) is 2.41. The number of nitrogens with zero attached hydrogens (tertiary/aromatic N) is 4. The first kappa shape index (κ1) is 16.5. The minimum Gasteiger partial charge on any atom is -0.492 e. The van der Waals surface area contributed by atoms with Crippen molar-refractivity contribution in [1.82, 2.24) is 19.9 Å². The molecule has 2 aromatic rings. The molecule has 1 aromatic carbocycles. The van der Waals surface area contributed by atoms with Crippen LogP contribution in [0.5, 0.6) is 5.75 Å². The van der Waals surface area contributed by atoms with Crippen LogP contribution < -0.4 is 4.74 Å². The van der Waals surface area contributed by atoms with Crippen LogP contribution in [0, 0.1) is 0 Å². The van der Waals surface area contributed by atoms with E-state index >= 15 is 0 Å². The Labute approximate surface area is 148 Å². The van der Waals surface area contributed by atoms with Gasteiger partial charge in [0.05, 0.1) is 6.04 Å². The Bertz CT molecular complexity index is 663. The molecule has 6 heteroatoms. The Morgan fingerprint density at radius 2 is 1.92 bits per heavy atom. The molecule has 1 saturated carbocycles. The first-order valence-corrected chi connectivity index (χ1v) is 9.27. The minimum absolute atomic E-state index is 0.197. The number of hydrogen-bond acceptors (Lipinski definition) is 6. The molecule has 1 atom stereocenters. The second-order valence-corrected chi connectivity index (χ2v) is 6.98. The van der Waals surface area contributed by atoms with Gasteiger partial charge in [-0.2, -0.15) is 4.98 Å². The number of aromatic nitrogens is 2. The largest absolute Gasteiger partial charge is 0.492 e. The Balaban J connectivity index is 1.21. The highest BCUT2D eigenvalue weighted by Crippen LogP contribution is 2.38. The van der Waals surface area contributed by atoms with E-state index in [1.54, 1.807) is 0 Å². The molecule has 1 saturated heterocycles. The van der Waals surface area contributed by atoms with Crippen molar-refractivity contribution < 1.29 is 9.26 Å². The van der Waals surface area contributed by atoms with Crippen LogP contribution in [0.1, 0.15) is 43.4 Å². The third-order valence-corrected chi connectivity index (χ3v) is 5.13. The van der Waals surface area contributed by atoms with E-state index in [4.69, 9.17) is 9.26 Å². The average molecular weight is 342 g/mol. The fourth-order valence-corrected chi connectivity index (χ4v) is 3.26. The number of hydrogen-bond donors (Lipinski definition) is 0. The van der Waals surface area contributed by atoms with E-state index < -0.39 is 0 Å². The predicted molar refractivity (Wildman–Crippen MR) is 94.6 cm³/mol. The Morgan fingerprint density at radius 1 is 1.16 bits per heavy atom. The topological polar surface area (TPSA) is 54.6 Å². The molecule has 134 valence electrons. The van der Waals surface area contributed by atoms with Crippen molar-refractivity contribution in [2.75, 3.05) is 39.3 Å². The summed E-state index contributed by atoms with van der Waals surface area (Å²) in [7, 11) is 0. The summed E-state index contributed by atoms with van der Waals surface area (Å²) in [5.41, 5.74) is 0. The zero-order valence-electron chi connectivity index (χ0n) is 14.8. The van der Waals surface area contributed by atoms with Gasteiger partial charge in [0.25, 0.3) is 0 Å². The predicted octanol–water partition coefficient (Wildman–Crippen LogP) is 2.70. The molecule has 1 aromatic heterocycles.